The number of thiocarbonyl (C=S) groups is 1. The SMILES string of the molecule is O=C1NC2CCC(=S)N2Cc2c1csc2Cl. The van der Waals surface area contributed by atoms with Crippen molar-refractivity contribution in [3.63, 3.8) is 0 Å². The lowest BCUT2D eigenvalue weighted by Crippen LogP contribution is -2.42. The molecular formula is C10H9ClN2OS2. The lowest BCUT2D eigenvalue weighted by Gasteiger charge is -2.24. The minimum atomic E-state index is -0.0321. The highest BCUT2D eigenvalue weighted by molar-refractivity contribution is 7.80. The highest BCUT2D eigenvalue weighted by Gasteiger charge is 2.34. The second kappa shape index (κ2) is 3.68. The third-order valence-corrected chi connectivity index (χ3v) is 4.78. The average molecular weight is 273 g/mol. The summed E-state index contributed by atoms with van der Waals surface area (Å²) in [5.41, 5.74) is 1.61. The van der Waals surface area contributed by atoms with Crippen LogP contribution in [-0.4, -0.2) is 22.0 Å². The van der Waals surface area contributed by atoms with Crippen LogP contribution in [0, 0.1) is 0 Å². The van der Waals surface area contributed by atoms with Crippen LogP contribution in [0.1, 0.15) is 28.8 Å². The van der Waals surface area contributed by atoms with Crippen molar-refractivity contribution in [1.82, 2.24) is 10.2 Å². The molecule has 6 heteroatoms. The standard InChI is InChI=1S/C10H9ClN2OS2/c11-9-5-3-13-7(1-2-8(13)15)12-10(14)6(5)4-16-9/h4,7H,1-3H2,(H,12,14). The highest BCUT2D eigenvalue weighted by atomic mass is 35.5. The molecule has 3 nitrogen and oxygen atoms in total. The maximum absolute atomic E-state index is 11.9. The van der Waals surface area contributed by atoms with Gasteiger partial charge in [-0.2, -0.15) is 0 Å². The number of nitrogens with one attached hydrogen (secondary N) is 1. The topological polar surface area (TPSA) is 32.3 Å². The lowest BCUT2D eigenvalue weighted by molar-refractivity contribution is 0.0917. The van der Waals surface area contributed by atoms with E-state index in [9.17, 15) is 4.79 Å². The molecule has 1 amide bonds. The summed E-state index contributed by atoms with van der Waals surface area (Å²) in [5.74, 6) is -0.0321. The first-order valence-electron chi connectivity index (χ1n) is 5.03. The Bertz CT molecular complexity index is 485. The molecule has 1 atom stereocenters. The van der Waals surface area contributed by atoms with Crippen molar-refractivity contribution in [3.8, 4) is 0 Å². The van der Waals surface area contributed by atoms with Gasteiger partial charge in [-0.15, -0.1) is 11.3 Å². The van der Waals surface area contributed by atoms with Gasteiger partial charge >= 0.3 is 0 Å². The number of halogens is 1. The van der Waals surface area contributed by atoms with Crippen LogP contribution < -0.4 is 5.32 Å². The summed E-state index contributed by atoms with van der Waals surface area (Å²) >= 11 is 12.8. The first-order valence-corrected chi connectivity index (χ1v) is 6.69. The van der Waals surface area contributed by atoms with Crippen molar-refractivity contribution in [2.45, 2.75) is 25.6 Å². The van der Waals surface area contributed by atoms with Gasteiger partial charge in [0.2, 0.25) is 0 Å². The largest absolute Gasteiger partial charge is 0.341 e. The van der Waals surface area contributed by atoms with Crippen LogP contribution in [0.5, 0.6) is 0 Å². The van der Waals surface area contributed by atoms with E-state index in [0.717, 1.165) is 23.4 Å². The van der Waals surface area contributed by atoms with Gasteiger partial charge in [0.05, 0.1) is 14.9 Å². The summed E-state index contributed by atoms with van der Waals surface area (Å²) < 4.78 is 0.695. The lowest BCUT2D eigenvalue weighted by atomic mass is 10.2. The summed E-state index contributed by atoms with van der Waals surface area (Å²) in [5, 5.41) is 4.81. The Hall–Kier alpha value is -0.650. The quantitative estimate of drug-likeness (QED) is 0.736. The number of carbonyl (C=O) groups is 1. The summed E-state index contributed by atoms with van der Waals surface area (Å²) in [6.07, 6.45) is 1.82. The first-order chi connectivity index (χ1) is 7.66. The Morgan fingerprint density at radius 1 is 1.62 bits per heavy atom. The molecule has 0 aliphatic carbocycles. The summed E-state index contributed by atoms with van der Waals surface area (Å²) in [4.78, 5) is 14.9. The van der Waals surface area contributed by atoms with Gasteiger partial charge in [0.1, 0.15) is 6.17 Å². The maximum Gasteiger partial charge on any atom is 0.254 e. The molecule has 84 valence electrons. The number of fused-ring (bicyclic) bond motifs is 2. The van der Waals surface area contributed by atoms with E-state index in [2.05, 4.69) is 10.2 Å². The zero-order valence-electron chi connectivity index (χ0n) is 8.33. The van der Waals surface area contributed by atoms with E-state index in [0.29, 0.717) is 16.4 Å². The molecule has 0 saturated carbocycles. The Morgan fingerprint density at radius 2 is 2.44 bits per heavy atom. The van der Waals surface area contributed by atoms with Gasteiger partial charge in [0.15, 0.2) is 0 Å². The number of amides is 1. The second-order valence-corrected chi connectivity index (χ2v) is 5.90. The van der Waals surface area contributed by atoms with Gasteiger partial charge in [-0.3, -0.25) is 4.79 Å². The van der Waals surface area contributed by atoms with Crippen molar-refractivity contribution < 1.29 is 4.79 Å². The Balaban J connectivity index is 2.06. The normalized spacial score (nSPS) is 23.8. The number of hydrogen-bond donors (Lipinski definition) is 1. The Labute approximate surface area is 107 Å². The van der Waals surface area contributed by atoms with Crippen molar-refractivity contribution in [2.24, 2.45) is 0 Å². The van der Waals surface area contributed by atoms with Gasteiger partial charge in [-0.25, -0.2) is 0 Å². The van der Waals surface area contributed by atoms with E-state index >= 15 is 0 Å². The average Bonchev–Trinajstić information content (AvgIpc) is 2.72. The van der Waals surface area contributed by atoms with E-state index < -0.39 is 0 Å². The maximum atomic E-state index is 11.9. The molecule has 1 fully saturated rings. The van der Waals surface area contributed by atoms with Crippen LogP contribution in [0.3, 0.4) is 0 Å². The fourth-order valence-electron chi connectivity index (χ4n) is 2.18. The van der Waals surface area contributed by atoms with Crippen LogP contribution in [0.15, 0.2) is 5.38 Å². The minimum Gasteiger partial charge on any atom is -0.341 e. The molecule has 1 saturated heterocycles. The molecule has 1 unspecified atom stereocenters. The van der Waals surface area contributed by atoms with Crippen LogP contribution >= 0.6 is 35.2 Å². The van der Waals surface area contributed by atoms with Crippen LogP contribution in [0.2, 0.25) is 4.34 Å². The van der Waals surface area contributed by atoms with E-state index in [1.807, 2.05) is 5.38 Å². The van der Waals surface area contributed by atoms with E-state index in [4.69, 9.17) is 23.8 Å². The van der Waals surface area contributed by atoms with Crippen molar-refractivity contribution in [3.05, 3.63) is 20.8 Å². The van der Waals surface area contributed by atoms with Gasteiger partial charge in [-0.1, -0.05) is 23.8 Å². The van der Waals surface area contributed by atoms with Gasteiger partial charge < -0.3 is 10.2 Å². The van der Waals surface area contributed by atoms with Crippen LogP contribution in [0.4, 0.5) is 0 Å². The number of carbonyl (C=O) groups excluding carboxylic acids is 1. The first kappa shape index (κ1) is 10.5. The Kier molecular flexibility index (Phi) is 2.42. The third kappa shape index (κ3) is 1.46. The third-order valence-electron chi connectivity index (χ3n) is 3.04. The zero-order valence-corrected chi connectivity index (χ0v) is 10.7. The molecule has 0 radical (unpaired) electrons. The number of thiophene rings is 1. The minimum absolute atomic E-state index is 0.0321. The van der Waals surface area contributed by atoms with Crippen LogP contribution in [0.25, 0.3) is 0 Å². The van der Waals surface area contributed by atoms with Crippen LogP contribution in [-0.2, 0) is 6.54 Å². The fraction of sp³-hybridized carbons (Fsp3) is 0.400. The molecule has 3 heterocycles. The molecule has 1 N–H and O–H groups in total. The molecular weight excluding hydrogens is 264 g/mol. The van der Waals surface area contributed by atoms with E-state index in [1.54, 1.807) is 0 Å². The molecule has 0 spiro atoms. The van der Waals surface area contributed by atoms with Crippen molar-refractivity contribution >= 4 is 46.1 Å². The molecule has 0 aromatic carbocycles. The van der Waals surface area contributed by atoms with Gasteiger partial charge in [0.25, 0.3) is 5.91 Å². The smallest absolute Gasteiger partial charge is 0.254 e. The molecule has 3 rings (SSSR count). The molecule has 2 aliphatic rings. The fourth-order valence-corrected chi connectivity index (χ4v) is 3.57. The second-order valence-electron chi connectivity index (χ2n) is 3.95. The predicted octanol–water partition coefficient (Wildman–Crippen LogP) is 2.39. The summed E-state index contributed by atoms with van der Waals surface area (Å²) in [6, 6.07) is 0. The monoisotopic (exact) mass is 272 g/mol. The number of nitrogens with zero attached hydrogens (tertiary/aromatic N) is 1. The molecule has 2 aliphatic heterocycles. The molecule has 16 heavy (non-hydrogen) atoms. The number of rotatable bonds is 0. The summed E-state index contributed by atoms with van der Waals surface area (Å²) in [6.45, 7) is 0.653. The van der Waals surface area contributed by atoms with Crippen molar-refractivity contribution in [2.75, 3.05) is 0 Å². The summed E-state index contributed by atoms with van der Waals surface area (Å²) in [7, 11) is 0. The predicted molar refractivity (Wildman–Crippen MR) is 68.0 cm³/mol. The highest BCUT2D eigenvalue weighted by Crippen LogP contribution is 2.33. The molecule has 0 bridgehead atoms. The van der Waals surface area contributed by atoms with Gasteiger partial charge in [-0.05, 0) is 6.42 Å². The Morgan fingerprint density at radius 3 is 3.25 bits per heavy atom. The van der Waals surface area contributed by atoms with E-state index in [1.165, 1.54) is 11.3 Å². The van der Waals surface area contributed by atoms with E-state index in [-0.39, 0.29) is 12.1 Å². The molecule has 1 aromatic heterocycles. The zero-order chi connectivity index (χ0) is 11.3. The van der Waals surface area contributed by atoms with Crippen molar-refractivity contribution in [1.29, 1.82) is 0 Å². The molecule has 1 aromatic rings. The van der Waals surface area contributed by atoms with Gasteiger partial charge in [0, 0.05) is 23.9 Å². The number of hydrogen-bond acceptors (Lipinski definition) is 3.